The minimum atomic E-state index is -3.65. The van der Waals surface area contributed by atoms with Crippen molar-refractivity contribution in [3.8, 4) is 5.75 Å². The SMILES string of the molecule is COC(=O)c1cc(N)cc(OS(C)(=O)=O)c1. The molecule has 0 aliphatic carbocycles. The van der Waals surface area contributed by atoms with Crippen molar-refractivity contribution in [1.82, 2.24) is 0 Å². The third-order valence-electron chi connectivity index (χ3n) is 1.60. The van der Waals surface area contributed by atoms with Gasteiger partial charge in [-0.25, -0.2) is 4.79 Å². The predicted molar refractivity (Wildman–Crippen MR) is 57.7 cm³/mol. The van der Waals surface area contributed by atoms with Crippen LogP contribution in [0.4, 0.5) is 5.69 Å². The zero-order valence-corrected chi connectivity index (χ0v) is 9.58. The second kappa shape index (κ2) is 4.40. The molecule has 0 bridgehead atoms. The Kier molecular flexibility index (Phi) is 3.38. The molecule has 0 unspecified atom stereocenters. The first-order chi connectivity index (χ1) is 7.31. The number of carbonyl (C=O) groups excluding carboxylic acids is 1. The highest BCUT2D eigenvalue weighted by Crippen LogP contribution is 2.20. The van der Waals surface area contributed by atoms with E-state index >= 15 is 0 Å². The lowest BCUT2D eigenvalue weighted by atomic mass is 10.2. The number of hydrogen-bond acceptors (Lipinski definition) is 6. The van der Waals surface area contributed by atoms with Crippen LogP contribution in [0.2, 0.25) is 0 Å². The van der Waals surface area contributed by atoms with E-state index in [4.69, 9.17) is 5.73 Å². The molecule has 0 saturated carbocycles. The molecule has 1 aromatic carbocycles. The van der Waals surface area contributed by atoms with E-state index in [1.165, 1.54) is 25.3 Å². The van der Waals surface area contributed by atoms with Gasteiger partial charge in [-0.3, -0.25) is 0 Å². The summed E-state index contributed by atoms with van der Waals surface area (Å²) < 4.78 is 30.8. The number of methoxy groups -OCH3 is 1. The van der Waals surface area contributed by atoms with Crippen molar-refractivity contribution in [3.05, 3.63) is 23.8 Å². The zero-order valence-electron chi connectivity index (χ0n) is 8.76. The van der Waals surface area contributed by atoms with Crippen LogP contribution in [0.25, 0.3) is 0 Å². The third-order valence-corrected chi connectivity index (χ3v) is 2.09. The van der Waals surface area contributed by atoms with Gasteiger partial charge in [-0.1, -0.05) is 0 Å². The molecule has 0 radical (unpaired) electrons. The van der Waals surface area contributed by atoms with Crippen LogP contribution in [0, 0.1) is 0 Å². The van der Waals surface area contributed by atoms with Crippen molar-refractivity contribution in [1.29, 1.82) is 0 Å². The fraction of sp³-hybridized carbons (Fsp3) is 0.222. The van der Waals surface area contributed by atoms with Gasteiger partial charge in [0.1, 0.15) is 5.75 Å². The normalized spacial score (nSPS) is 10.9. The lowest BCUT2D eigenvalue weighted by molar-refractivity contribution is 0.0600. The molecule has 0 amide bonds. The molecule has 88 valence electrons. The van der Waals surface area contributed by atoms with Crippen molar-refractivity contribution in [2.75, 3.05) is 19.1 Å². The molecule has 2 N–H and O–H groups in total. The van der Waals surface area contributed by atoms with Gasteiger partial charge in [-0.2, -0.15) is 8.42 Å². The number of rotatable bonds is 3. The summed E-state index contributed by atoms with van der Waals surface area (Å²) in [4.78, 5) is 11.2. The molecule has 0 aromatic heterocycles. The van der Waals surface area contributed by atoms with Gasteiger partial charge in [0.25, 0.3) is 0 Å². The summed E-state index contributed by atoms with van der Waals surface area (Å²) in [6.45, 7) is 0. The zero-order chi connectivity index (χ0) is 12.3. The number of ether oxygens (including phenoxy) is 1. The number of nitrogens with two attached hydrogens (primary N) is 1. The first-order valence-corrected chi connectivity index (χ1v) is 6.02. The Labute approximate surface area is 93.1 Å². The fourth-order valence-electron chi connectivity index (χ4n) is 1.08. The molecule has 0 fully saturated rings. The molecule has 0 atom stereocenters. The van der Waals surface area contributed by atoms with Gasteiger partial charge in [0.15, 0.2) is 0 Å². The van der Waals surface area contributed by atoms with E-state index < -0.39 is 16.1 Å². The topological polar surface area (TPSA) is 95.7 Å². The Balaban J connectivity index is 3.13. The van der Waals surface area contributed by atoms with Crippen molar-refractivity contribution in [3.63, 3.8) is 0 Å². The van der Waals surface area contributed by atoms with Gasteiger partial charge in [-0.05, 0) is 12.1 Å². The van der Waals surface area contributed by atoms with Gasteiger partial charge in [-0.15, -0.1) is 0 Å². The average Bonchev–Trinajstić information content (AvgIpc) is 2.12. The largest absolute Gasteiger partial charge is 0.465 e. The molecule has 16 heavy (non-hydrogen) atoms. The first-order valence-electron chi connectivity index (χ1n) is 4.20. The number of hydrogen-bond donors (Lipinski definition) is 1. The van der Waals surface area contributed by atoms with Crippen LogP contribution in [0.1, 0.15) is 10.4 Å². The smallest absolute Gasteiger partial charge is 0.338 e. The second-order valence-electron chi connectivity index (χ2n) is 3.07. The minimum absolute atomic E-state index is 0.0251. The summed E-state index contributed by atoms with van der Waals surface area (Å²) in [5.41, 5.74) is 5.82. The van der Waals surface area contributed by atoms with Crippen molar-refractivity contribution in [2.45, 2.75) is 0 Å². The molecule has 7 heteroatoms. The summed E-state index contributed by atoms with van der Waals surface area (Å²) in [7, 11) is -2.44. The molecular weight excluding hydrogens is 234 g/mol. The van der Waals surface area contributed by atoms with Crippen LogP contribution in [-0.2, 0) is 14.9 Å². The molecule has 6 nitrogen and oxygen atoms in total. The van der Waals surface area contributed by atoms with Crippen LogP contribution in [0.3, 0.4) is 0 Å². The summed E-state index contributed by atoms with van der Waals surface area (Å²) in [6.07, 6.45) is 0.897. The maximum Gasteiger partial charge on any atom is 0.338 e. The Morgan fingerprint density at radius 2 is 1.94 bits per heavy atom. The average molecular weight is 245 g/mol. The molecule has 0 saturated heterocycles. The van der Waals surface area contributed by atoms with E-state index in [0.717, 1.165) is 6.26 Å². The lowest BCUT2D eigenvalue weighted by Crippen LogP contribution is -2.08. The fourth-order valence-corrected chi connectivity index (χ4v) is 1.53. The van der Waals surface area contributed by atoms with E-state index in [1.54, 1.807) is 0 Å². The molecule has 1 aromatic rings. The molecule has 0 heterocycles. The molecule has 0 aliphatic rings. The van der Waals surface area contributed by atoms with Crippen LogP contribution in [0.5, 0.6) is 5.75 Å². The van der Waals surface area contributed by atoms with Crippen LogP contribution in [-0.4, -0.2) is 27.8 Å². The van der Waals surface area contributed by atoms with Crippen molar-refractivity contribution >= 4 is 21.8 Å². The van der Waals surface area contributed by atoms with Gasteiger partial charge < -0.3 is 14.7 Å². The van der Waals surface area contributed by atoms with Crippen molar-refractivity contribution < 1.29 is 22.1 Å². The maximum atomic E-state index is 11.2. The second-order valence-corrected chi connectivity index (χ2v) is 4.64. The Morgan fingerprint density at radius 3 is 2.44 bits per heavy atom. The van der Waals surface area contributed by atoms with Gasteiger partial charge in [0, 0.05) is 11.8 Å². The van der Waals surface area contributed by atoms with Gasteiger partial charge in [0.05, 0.1) is 18.9 Å². The predicted octanol–water partition coefficient (Wildman–Crippen LogP) is 0.394. The van der Waals surface area contributed by atoms with Crippen LogP contribution < -0.4 is 9.92 Å². The molecule has 0 aliphatic heterocycles. The summed E-state index contributed by atoms with van der Waals surface area (Å²) in [6, 6.07) is 3.90. The van der Waals surface area contributed by atoms with Gasteiger partial charge in [0.2, 0.25) is 0 Å². The number of carbonyl (C=O) groups is 1. The highest BCUT2D eigenvalue weighted by molar-refractivity contribution is 7.86. The number of anilines is 1. The molecular formula is C9H11NO5S. The Bertz CT molecular complexity index is 509. The van der Waals surface area contributed by atoms with E-state index in [2.05, 4.69) is 8.92 Å². The highest BCUT2D eigenvalue weighted by Gasteiger charge is 2.11. The minimum Gasteiger partial charge on any atom is -0.465 e. The van der Waals surface area contributed by atoms with Crippen molar-refractivity contribution in [2.24, 2.45) is 0 Å². The molecule has 1 rings (SSSR count). The number of esters is 1. The van der Waals surface area contributed by atoms with Gasteiger partial charge >= 0.3 is 16.1 Å². The highest BCUT2D eigenvalue weighted by atomic mass is 32.2. The monoisotopic (exact) mass is 245 g/mol. The number of benzene rings is 1. The summed E-state index contributed by atoms with van der Waals surface area (Å²) in [5, 5.41) is 0. The quantitative estimate of drug-likeness (QED) is 0.470. The van der Waals surface area contributed by atoms with E-state index in [0.29, 0.717) is 0 Å². The van der Waals surface area contributed by atoms with E-state index in [9.17, 15) is 13.2 Å². The van der Waals surface area contributed by atoms with Crippen LogP contribution in [0.15, 0.2) is 18.2 Å². The van der Waals surface area contributed by atoms with E-state index in [-0.39, 0.29) is 17.0 Å². The van der Waals surface area contributed by atoms with Crippen LogP contribution >= 0.6 is 0 Å². The summed E-state index contributed by atoms with van der Waals surface area (Å²) in [5.74, 6) is -0.645. The Morgan fingerprint density at radius 1 is 1.31 bits per heavy atom. The first kappa shape index (κ1) is 12.3. The standard InChI is InChI=1S/C9H11NO5S/c1-14-9(11)6-3-7(10)5-8(4-6)15-16(2,12)13/h3-5H,10H2,1-2H3. The Hall–Kier alpha value is -1.76. The third kappa shape index (κ3) is 3.43. The molecule has 0 spiro atoms. The van der Waals surface area contributed by atoms with E-state index in [1.807, 2.05) is 0 Å². The number of nitrogen functional groups attached to an aromatic ring is 1. The lowest BCUT2D eigenvalue weighted by Gasteiger charge is -2.06. The maximum absolute atomic E-state index is 11.2. The summed E-state index contributed by atoms with van der Waals surface area (Å²) >= 11 is 0.